The number of primary amides is 1. The third kappa shape index (κ3) is 3.60. The Morgan fingerprint density at radius 2 is 2.24 bits per heavy atom. The zero-order valence-electron chi connectivity index (χ0n) is 10.2. The number of nitrogens with two attached hydrogens (primary N) is 2. The summed E-state index contributed by atoms with van der Waals surface area (Å²) in [6, 6.07) is -0.628. The second-order valence-electron chi connectivity index (χ2n) is 3.95. The van der Waals surface area contributed by atoms with Crippen LogP contribution in [0.25, 0.3) is 6.08 Å². The van der Waals surface area contributed by atoms with E-state index in [9.17, 15) is 4.79 Å². The van der Waals surface area contributed by atoms with Gasteiger partial charge in [0.1, 0.15) is 0 Å². The number of rotatable bonds is 5. The van der Waals surface area contributed by atoms with E-state index in [0.717, 1.165) is 16.8 Å². The Hall–Kier alpha value is -1.81. The van der Waals surface area contributed by atoms with Crippen molar-refractivity contribution in [1.82, 2.24) is 4.98 Å². The molecule has 0 spiro atoms. The summed E-state index contributed by atoms with van der Waals surface area (Å²) in [6.45, 7) is 3.96. The summed E-state index contributed by atoms with van der Waals surface area (Å²) >= 11 is 0. The normalized spacial score (nSPS) is 13.6. The fourth-order valence-corrected chi connectivity index (χ4v) is 1.54. The van der Waals surface area contributed by atoms with Crippen molar-refractivity contribution < 1.29 is 4.79 Å². The zero-order chi connectivity index (χ0) is 12.8. The van der Waals surface area contributed by atoms with Gasteiger partial charge in [-0.15, -0.1) is 0 Å². The molecule has 0 saturated heterocycles. The average molecular weight is 233 g/mol. The summed E-state index contributed by atoms with van der Waals surface area (Å²) in [4.78, 5) is 14.0. The summed E-state index contributed by atoms with van der Waals surface area (Å²) in [5.74, 6) is -0.475. The Balaban J connectivity index is 2.80. The van der Waals surface area contributed by atoms with Crippen LogP contribution in [-0.4, -0.2) is 16.9 Å². The third-order valence-electron chi connectivity index (χ3n) is 2.66. The van der Waals surface area contributed by atoms with Gasteiger partial charge in [-0.25, -0.2) is 0 Å². The molecule has 0 aliphatic heterocycles. The number of hydrogen-bond acceptors (Lipinski definition) is 2. The highest BCUT2D eigenvalue weighted by atomic mass is 16.1. The molecule has 4 nitrogen and oxygen atoms in total. The van der Waals surface area contributed by atoms with Gasteiger partial charge in [-0.05, 0) is 37.5 Å². The predicted octanol–water partition coefficient (Wildman–Crippen LogP) is 1.27. The molecule has 1 aromatic rings. The molecule has 0 aliphatic rings. The second kappa shape index (κ2) is 6.06. The molecule has 4 heteroatoms. The largest absolute Gasteiger partial charge is 0.368 e. The molecule has 1 aromatic heterocycles. The Morgan fingerprint density at radius 3 is 2.82 bits per heavy atom. The van der Waals surface area contributed by atoms with E-state index in [1.165, 1.54) is 0 Å². The predicted molar refractivity (Wildman–Crippen MR) is 70.3 cm³/mol. The number of aromatic nitrogens is 1. The van der Waals surface area contributed by atoms with E-state index >= 15 is 0 Å². The topological polar surface area (TPSA) is 84.9 Å². The standard InChI is InChI=1S/C13H19N3O/c1-3-4-5-6-12-9(2)10(8-16-12)7-11(14)13(15)17/h3-6,8,11,16H,7,14H2,1-2H3,(H2,15,17)/b4-3-,6-5-. The highest BCUT2D eigenvalue weighted by Crippen LogP contribution is 2.15. The molecule has 1 heterocycles. The molecule has 1 atom stereocenters. The number of allylic oxidation sites excluding steroid dienone is 3. The van der Waals surface area contributed by atoms with Gasteiger partial charge in [-0.2, -0.15) is 0 Å². The minimum Gasteiger partial charge on any atom is -0.368 e. The number of carbonyl (C=O) groups is 1. The van der Waals surface area contributed by atoms with E-state index in [1.54, 1.807) is 0 Å². The fraction of sp³-hybridized carbons (Fsp3) is 0.308. The summed E-state index contributed by atoms with van der Waals surface area (Å²) in [6.07, 6.45) is 10.2. The van der Waals surface area contributed by atoms with Crippen molar-refractivity contribution in [1.29, 1.82) is 0 Å². The molecule has 0 aliphatic carbocycles. The van der Waals surface area contributed by atoms with Gasteiger partial charge >= 0.3 is 0 Å². The number of hydrogen-bond donors (Lipinski definition) is 3. The molecule has 17 heavy (non-hydrogen) atoms. The first kappa shape index (κ1) is 13.3. The molecule has 5 N–H and O–H groups in total. The molecule has 0 aromatic carbocycles. The molecular formula is C13H19N3O. The van der Waals surface area contributed by atoms with E-state index in [1.807, 2.05) is 44.3 Å². The van der Waals surface area contributed by atoms with Crippen LogP contribution in [0.1, 0.15) is 23.7 Å². The Morgan fingerprint density at radius 1 is 1.53 bits per heavy atom. The first-order chi connectivity index (χ1) is 8.06. The highest BCUT2D eigenvalue weighted by Gasteiger charge is 2.13. The van der Waals surface area contributed by atoms with Crippen LogP contribution in [0, 0.1) is 6.92 Å². The summed E-state index contributed by atoms with van der Waals surface area (Å²) in [5.41, 5.74) is 13.9. The molecular weight excluding hydrogens is 214 g/mol. The van der Waals surface area contributed by atoms with Gasteiger partial charge in [0.2, 0.25) is 5.91 Å². The van der Waals surface area contributed by atoms with E-state index in [4.69, 9.17) is 11.5 Å². The van der Waals surface area contributed by atoms with Crippen molar-refractivity contribution in [2.45, 2.75) is 26.3 Å². The molecule has 0 bridgehead atoms. The minimum atomic E-state index is -0.628. The van der Waals surface area contributed by atoms with Gasteiger partial charge in [-0.1, -0.05) is 18.2 Å². The lowest BCUT2D eigenvalue weighted by Crippen LogP contribution is -2.38. The molecule has 1 rings (SSSR count). The SMILES string of the molecule is C/C=C\C=C/c1[nH]cc(CC(N)C(N)=O)c1C. The minimum absolute atomic E-state index is 0.467. The van der Waals surface area contributed by atoms with E-state index in [2.05, 4.69) is 4.98 Å². The van der Waals surface area contributed by atoms with Crippen molar-refractivity contribution >= 4 is 12.0 Å². The molecule has 1 unspecified atom stereocenters. The van der Waals surface area contributed by atoms with Crippen LogP contribution in [0.2, 0.25) is 0 Å². The zero-order valence-corrected chi connectivity index (χ0v) is 10.2. The monoisotopic (exact) mass is 233 g/mol. The van der Waals surface area contributed by atoms with Crippen LogP contribution in [0.4, 0.5) is 0 Å². The Bertz CT molecular complexity index is 444. The lowest BCUT2D eigenvalue weighted by Gasteiger charge is -2.06. The van der Waals surface area contributed by atoms with Gasteiger partial charge < -0.3 is 16.5 Å². The van der Waals surface area contributed by atoms with Gasteiger partial charge in [0.25, 0.3) is 0 Å². The fourth-order valence-electron chi connectivity index (χ4n) is 1.54. The quantitative estimate of drug-likeness (QED) is 0.669. The Labute approximate surface area is 101 Å². The van der Waals surface area contributed by atoms with Crippen LogP contribution in [0.15, 0.2) is 24.4 Å². The maximum atomic E-state index is 10.9. The summed E-state index contributed by atoms with van der Waals surface area (Å²) < 4.78 is 0. The Kier molecular flexibility index (Phi) is 4.72. The van der Waals surface area contributed by atoms with Crippen LogP contribution in [0.3, 0.4) is 0 Å². The third-order valence-corrected chi connectivity index (χ3v) is 2.66. The van der Waals surface area contributed by atoms with Crippen molar-refractivity contribution in [3.05, 3.63) is 41.2 Å². The lowest BCUT2D eigenvalue weighted by molar-refractivity contribution is -0.119. The van der Waals surface area contributed by atoms with Crippen LogP contribution < -0.4 is 11.5 Å². The molecule has 0 radical (unpaired) electrons. The van der Waals surface area contributed by atoms with Crippen LogP contribution >= 0.6 is 0 Å². The molecule has 92 valence electrons. The van der Waals surface area contributed by atoms with Gasteiger partial charge in [0.15, 0.2) is 0 Å². The van der Waals surface area contributed by atoms with Crippen molar-refractivity contribution in [2.24, 2.45) is 11.5 Å². The van der Waals surface area contributed by atoms with E-state index < -0.39 is 11.9 Å². The number of H-pyrrole nitrogens is 1. The van der Waals surface area contributed by atoms with E-state index in [-0.39, 0.29) is 0 Å². The molecule has 1 amide bonds. The number of carbonyl (C=O) groups excluding carboxylic acids is 1. The summed E-state index contributed by atoms with van der Waals surface area (Å²) in [5, 5.41) is 0. The molecule has 0 fully saturated rings. The van der Waals surface area contributed by atoms with Gasteiger partial charge in [0, 0.05) is 11.9 Å². The first-order valence-electron chi connectivity index (χ1n) is 5.57. The number of amides is 1. The average Bonchev–Trinajstić information content (AvgIpc) is 2.61. The summed E-state index contributed by atoms with van der Waals surface area (Å²) in [7, 11) is 0. The maximum absolute atomic E-state index is 10.9. The smallest absolute Gasteiger partial charge is 0.234 e. The van der Waals surface area contributed by atoms with Crippen molar-refractivity contribution in [3.8, 4) is 0 Å². The van der Waals surface area contributed by atoms with Gasteiger partial charge in [0.05, 0.1) is 6.04 Å². The highest BCUT2D eigenvalue weighted by molar-refractivity contribution is 5.80. The van der Waals surface area contributed by atoms with Crippen LogP contribution in [-0.2, 0) is 11.2 Å². The van der Waals surface area contributed by atoms with Gasteiger partial charge in [-0.3, -0.25) is 4.79 Å². The number of nitrogens with one attached hydrogen (secondary N) is 1. The van der Waals surface area contributed by atoms with E-state index in [0.29, 0.717) is 6.42 Å². The first-order valence-corrected chi connectivity index (χ1v) is 5.57. The maximum Gasteiger partial charge on any atom is 0.234 e. The van der Waals surface area contributed by atoms with Crippen LogP contribution in [0.5, 0.6) is 0 Å². The van der Waals surface area contributed by atoms with Crippen molar-refractivity contribution in [2.75, 3.05) is 0 Å². The lowest BCUT2D eigenvalue weighted by atomic mass is 10.0. The van der Waals surface area contributed by atoms with Crippen molar-refractivity contribution in [3.63, 3.8) is 0 Å². The molecule has 0 saturated carbocycles. The second-order valence-corrected chi connectivity index (χ2v) is 3.95. The number of aromatic amines is 1.